The second-order valence-corrected chi connectivity index (χ2v) is 6.83. The summed E-state index contributed by atoms with van der Waals surface area (Å²) >= 11 is 8.05. The summed E-state index contributed by atoms with van der Waals surface area (Å²) in [5, 5.41) is 1.44. The molecular weight excluding hydrogens is 278 g/mol. The Morgan fingerprint density at radius 3 is 2.79 bits per heavy atom. The molecule has 2 N–H and O–H groups in total. The Balaban J connectivity index is 1.89. The molecule has 0 amide bonds. The van der Waals surface area contributed by atoms with Gasteiger partial charge in [0.15, 0.2) is 0 Å². The smallest absolute Gasteiger partial charge is 0.137 e. The predicted molar refractivity (Wildman–Crippen MR) is 84.3 cm³/mol. The minimum absolute atomic E-state index is 0.0538. The van der Waals surface area contributed by atoms with Gasteiger partial charge in [-0.3, -0.25) is 0 Å². The lowest BCUT2D eigenvalue weighted by molar-refractivity contribution is 0.414. The van der Waals surface area contributed by atoms with E-state index in [-0.39, 0.29) is 6.04 Å². The number of rotatable bonds is 5. The van der Waals surface area contributed by atoms with E-state index in [0.29, 0.717) is 10.8 Å². The van der Waals surface area contributed by atoms with E-state index < -0.39 is 0 Å². The summed E-state index contributed by atoms with van der Waals surface area (Å²) < 4.78 is 5.24. The van der Waals surface area contributed by atoms with E-state index in [1.807, 2.05) is 30.0 Å². The Morgan fingerprint density at radius 2 is 2.11 bits per heavy atom. The Hall–Kier alpha value is -0.380. The maximum Gasteiger partial charge on any atom is 0.137 e. The second kappa shape index (κ2) is 7.41. The number of hydrogen-bond acceptors (Lipinski definition) is 3. The van der Waals surface area contributed by atoms with Gasteiger partial charge < -0.3 is 10.5 Å². The zero-order chi connectivity index (χ0) is 13.7. The number of ether oxygens (including phenoxy) is 1. The van der Waals surface area contributed by atoms with Crippen molar-refractivity contribution in [2.75, 3.05) is 12.9 Å². The quantitative estimate of drug-likeness (QED) is 0.874. The van der Waals surface area contributed by atoms with Gasteiger partial charge in [0.2, 0.25) is 0 Å². The molecule has 1 aliphatic carbocycles. The van der Waals surface area contributed by atoms with Gasteiger partial charge in [-0.2, -0.15) is 11.8 Å². The van der Waals surface area contributed by atoms with Crippen LogP contribution in [0.25, 0.3) is 0 Å². The number of thioether (sulfide) groups is 1. The van der Waals surface area contributed by atoms with E-state index in [2.05, 4.69) is 0 Å². The van der Waals surface area contributed by atoms with E-state index in [1.54, 1.807) is 7.11 Å². The number of nitrogens with two attached hydrogens (primary N) is 1. The Bertz CT molecular complexity index is 407. The highest BCUT2D eigenvalue weighted by Crippen LogP contribution is 2.32. The molecule has 0 aromatic heterocycles. The van der Waals surface area contributed by atoms with Crippen LogP contribution in [0.5, 0.6) is 5.75 Å². The van der Waals surface area contributed by atoms with Crippen LogP contribution >= 0.6 is 23.4 Å². The lowest BCUT2D eigenvalue weighted by atomic mass is 10.0. The standard InChI is InChI=1S/C15H22ClNOS/c1-18-15-9-11(7-8-13(15)16)14(17)10-19-12-5-3-2-4-6-12/h7-9,12,14H,2-6,10,17H2,1H3. The van der Waals surface area contributed by atoms with Crippen LogP contribution in [-0.4, -0.2) is 18.1 Å². The highest BCUT2D eigenvalue weighted by Gasteiger charge is 2.16. The molecule has 2 nitrogen and oxygen atoms in total. The lowest BCUT2D eigenvalue weighted by Crippen LogP contribution is -2.17. The Labute approximate surface area is 125 Å². The first-order chi connectivity index (χ1) is 9.20. The number of halogens is 1. The van der Waals surface area contributed by atoms with Gasteiger partial charge in [0, 0.05) is 17.0 Å². The van der Waals surface area contributed by atoms with Gasteiger partial charge in [0.05, 0.1) is 12.1 Å². The largest absolute Gasteiger partial charge is 0.495 e. The first-order valence-corrected chi connectivity index (χ1v) is 8.34. The summed E-state index contributed by atoms with van der Waals surface area (Å²) in [6.45, 7) is 0. The molecule has 106 valence electrons. The minimum atomic E-state index is 0.0538. The third-order valence-corrected chi connectivity index (χ3v) is 5.47. The SMILES string of the molecule is COc1cc(C(N)CSC2CCCCC2)ccc1Cl. The average molecular weight is 300 g/mol. The highest BCUT2D eigenvalue weighted by atomic mass is 35.5. The fourth-order valence-corrected chi connectivity index (χ4v) is 4.01. The molecule has 1 saturated carbocycles. The van der Waals surface area contributed by atoms with Crippen molar-refractivity contribution in [2.24, 2.45) is 5.73 Å². The van der Waals surface area contributed by atoms with Crippen LogP contribution in [0.4, 0.5) is 0 Å². The first-order valence-electron chi connectivity index (χ1n) is 6.91. The molecule has 0 bridgehead atoms. The third-order valence-electron chi connectivity index (χ3n) is 3.67. The van der Waals surface area contributed by atoms with Crippen molar-refractivity contribution >= 4 is 23.4 Å². The van der Waals surface area contributed by atoms with E-state index in [1.165, 1.54) is 32.1 Å². The van der Waals surface area contributed by atoms with Gasteiger partial charge in [-0.15, -0.1) is 0 Å². The number of benzene rings is 1. The molecule has 1 unspecified atom stereocenters. The molecule has 1 aliphatic rings. The molecule has 0 aliphatic heterocycles. The number of hydrogen-bond donors (Lipinski definition) is 1. The van der Waals surface area contributed by atoms with Gasteiger partial charge >= 0.3 is 0 Å². The maximum atomic E-state index is 6.27. The van der Waals surface area contributed by atoms with Gasteiger partial charge in [-0.05, 0) is 30.5 Å². The molecule has 2 rings (SSSR count). The summed E-state index contributed by atoms with van der Waals surface area (Å²) in [6.07, 6.45) is 6.85. The third kappa shape index (κ3) is 4.30. The van der Waals surface area contributed by atoms with Crippen LogP contribution in [0.2, 0.25) is 5.02 Å². The molecule has 1 aromatic carbocycles. The second-order valence-electron chi connectivity index (χ2n) is 5.09. The minimum Gasteiger partial charge on any atom is -0.495 e. The zero-order valence-electron chi connectivity index (χ0n) is 11.4. The highest BCUT2D eigenvalue weighted by molar-refractivity contribution is 7.99. The summed E-state index contributed by atoms with van der Waals surface area (Å²) in [6, 6.07) is 5.87. The summed E-state index contributed by atoms with van der Waals surface area (Å²) in [4.78, 5) is 0. The molecule has 1 fully saturated rings. The van der Waals surface area contributed by atoms with Crippen molar-refractivity contribution in [1.29, 1.82) is 0 Å². The number of methoxy groups -OCH3 is 1. The monoisotopic (exact) mass is 299 g/mol. The van der Waals surface area contributed by atoms with Crippen LogP contribution in [0, 0.1) is 0 Å². The molecule has 0 spiro atoms. The predicted octanol–water partition coefficient (Wildman–Crippen LogP) is 4.41. The fourth-order valence-electron chi connectivity index (χ4n) is 2.47. The topological polar surface area (TPSA) is 35.2 Å². The average Bonchev–Trinajstić information content (AvgIpc) is 2.46. The summed E-state index contributed by atoms with van der Waals surface area (Å²) in [5.41, 5.74) is 7.37. The normalized spacial score (nSPS) is 18.3. The van der Waals surface area contributed by atoms with E-state index in [9.17, 15) is 0 Å². The Kier molecular flexibility index (Phi) is 5.86. The van der Waals surface area contributed by atoms with Crippen molar-refractivity contribution < 1.29 is 4.74 Å². The molecule has 0 radical (unpaired) electrons. The van der Waals surface area contributed by atoms with Crippen LogP contribution in [-0.2, 0) is 0 Å². The van der Waals surface area contributed by atoms with E-state index in [4.69, 9.17) is 22.1 Å². The molecule has 0 saturated heterocycles. The van der Waals surface area contributed by atoms with E-state index >= 15 is 0 Å². The van der Waals surface area contributed by atoms with Gasteiger partial charge in [-0.1, -0.05) is 36.9 Å². The molecular formula is C15H22ClNOS. The van der Waals surface area contributed by atoms with Crippen molar-refractivity contribution in [3.8, 4) is 5.75 Å². The van der Waals surface area contributed by atoms with Crippen LogP contribution in [0.15, 0.2) is 18.2 Å². The van der Waals surface area contributed by atoms with Gasteiger partial charge in [0.25, 0.3) is 0 Å². The van der Waals surface area contributed by atoms with Crippen molar-refractivity contribution in [3.63, 3.8) is 0 Å². The summed E-state index contributed by atoms with van der Waals surface area (Å²) in [5.74, 6) is 1.67. The Morgan fingerprint density at radius 1 is 1.37 bits per heavy atom. The zero-order valence-corrected chi connectivity index (χ0v) is 13.0. The molecule has 1 aromatic rings. The van der Waals surface area contributed by atoms with Gasteiger partial charge in [-0.25, -0.2) is 0 Å². The molecule has 19 heavy (non-hydrogen) atoms. The molecule has 1 atom stereocenters. The van der Waals surface area contributed by atoms with Crippen LogP contribution in [0.1, 0.15) is 43.7 Å². The van der Waals surface area contributed by atoms with Crippen molar-refractivity contribution in [3.05, 3.63) is 28.8 Å². The first kappa shape index (κ1) is 15.0. The fraction of sp³-hybridized carbons (Fsp3) is 0.600. The van der Waals surface area contributed by atoms with Crippen molar-refractivity contribution in [2.45, 2.75) is 43.4 Å². The van der Waals surface area contributed by atoms with Gasteiger partial charge in [0.1, 0.15) is 5.75 Å². The summed E-state index contributed by atoms with van der Waals surface area (Å²) in [7, 11) is 1.63. The van der Waals surface area contributed by atoms with Crippen molar-refractivity contribution in [1.82, 2.24) is 0 Å². The molecule has 0 heterocycles. The van der Waals surface area contributed by atoms with Crippen LogP contribution < -0.4 is 10.5 Å². The lowest BCUT2D eigenvalue weighted by Gasteiger charge is -2.23. The molecule has 4 heteroatoms. The van der Waals surface area contributed by atoms with Crippen LogP contribution in [0.3, 0.4) is 0 Å². The van der Waals surface area contributed by atoms with E-state index in [0.717, 1.165) is 16.6 Å². The maximum absolute atomic E-state index is 6.27.